The van der Waals surface area contributed by atoms with Gasteiger partial charge in [0.2, 0.25) is 0 Å². The summed E-state index contributed by atoms with van der Waals surface area (Å²) in [6.07, 6.45) is 6.09. The van der Waals surface area contributed by atoms with Crippen molar-refractivity contribution in [3.05, 3.63) is 29.3 Å². The van der Waals surface area contributed by atoms with Crippen LogP contribution in [0.15, 0.2) is 18.2 Å². The summed E-state index contributed by atoms with van der Waals surface area (Å²) in [6.45, 7) is 7.25. The molecule has 6 atom stereocenters. The third kappa shape index (κ3) is 5.39. The Balaban J connectivity index is 0.000000277. The van der Waals surface area contributed by atoms with Crippen LogP contribution in [0.1, 0.15) is 69.9 Å². The minimum Gasteiger partial charge on any atom is -0.508 e. The second-order valence-corrected chi connectivity index (χ2v) is 10.3. The molecule has 1 aromatic rings. The monoisotopic (exact) mass is 477 g/mol. The molecule has 0 aromatic heterocycles. The molecule has 0 spiro atoms. The van der Waals surface area contributed by atoms with Crippen molar-refractivity contribution in [1.82, 2.24) is 4.90 Å². The second-order valence-electron chi connectivity index (χ2n) is 10.3. The van der Waals surface area contributed by atoms with Crippen LogP contribution in [0.2, 0.25) is 0 Å². The van der Waals surface area contributed by atoms with E-state index in [0.29, 0.717) is 11.2 Å². The van der Waals surface area contributed by atoms with Gasteiger partial charge in [-0.05, 0) is 80.3 Å². The second kappa shape index (κ2) is 11.1. The van der Waals surface area contributed by atoms with Crippen LogP contribution in [0, 0.1) is 11.8 Å². The van der Waals surface area contributed by atoms with Crippen LogP contribution < -0.4 is 0 Å². The average molecular weight is 478 g/mol. The first kappa shape index (κ1) is 26.4. The van der Waals surface area contributed by atoms with Gasteiger partial charge in [-0.25, -0.2) is 9.59 Å². The summed E-state index contributed by atoms with van der Waals surface area (Å²) in [6, 6.07) is 6.96. The van der Waals surface area contributed by atoms with E-state index in [1.165, 1.54) is 75.6 Å². The fourth-order valence-electron chi connectivity index (χ4n) is 6.21. The van der Waals surface area contributed by atoms with Gasteiger partial charge in [-0.15, -0.1) is 0 Å². The molecule has 1 saturated heterocycles. The van der Waals surface area contributed by atoms with Crippen LogP contribution >= 0.6 is 0 Å². The fraction of sp³-hybridized carbons (Fsp3) is 0.692. The van der Waals surface area contributed by atoms with Crippen LogP contribution in [-0.2, 0) is 21.4 Å². The van der Waals surface area contributed by atoms with Gasteiger partial charge >= 0.3 is 11.9 Å². The number of benzene rings is 1. The molecule has 0 radical (unpaired) electrons. The van der Waals surface area contributed by atoms with E-state index in [0.717, 1.165) is 17.9 Å². The smallest absolute Gasteiger partial charge is 0.335 e. The van der Waals surface area contributed by atoms with Crippen molar-refractivity contribution in [3.63, 3.8) is 0 Å². The molecule has 1 heterocycles. The Kier molecular flexibility index (Phi) is 8.60. The number of fused-ring (bicyclic) bond motifs is 1. The van der Waals surface area contributed by atoms with Crippen molar-refractivity contribution >= 4 is 11.9 Å². The molecule has 3 aliphatic rings. The number of aromatic hydroxyl groups is 1. The topological polar surface area (TPSA) is 139 Å². The number of likely N-dealkylation sites (tertiary alicyclic amines) is 1. The molecule has 3 unspecified atom stereocenters. The molecule has 2 fully saturated rings. The van der Waals surface area contributed by atoms with E-state index in [-0.39, 0.29) is 0 Å². The summed E-state index contributed by atoms with van der Waals surface area (Å²) in [4.78, 5) is 22.4. The molecule has 34 heavy (non-hydrogen) atoms. The maximum atomic E-state index is 10.1. The third-order valence-electron chi connectivity index (χ3n) is 8.35. The molecule has 1 aliphatic heterocycles. The Morgan fingerprint density at radius 2 is 1.79 bits per heavy atom. The van der Waals surface area contributed by atoms with Gasteiger partial charge in [0.1, 0.15) is 5.75 Å². The highest BCUT2D eigenvalue weighted by molar-refractivity contribution is 5.83. The number of phenols is 1. The minimum absolute atomic E-state index is 0.363. The van der Waals surface area contributed by atoms with Crippen molar-refractivity contribution in [2.45, 2.75) is 88.9 Å². The van der Waals surface area contributed by atoms with E-state index < -0.39 is 24.1 Å². The summed E-state index contributed by atoms with van der Waals surface area (Å²) in [5.74, 6) is -1.42. The molecule has 0 amide bonds. The fourth-order valence-corrected chi connectivity index (χ4v) is 6.21. The maximum absolute atomic E-state index is 10.1. The molecular weight excluding hydrogens is 438 g/mol. The Hall–Kier alpha value is -2.16. The van der Waals surface area contributed by atoms with Crippen molar-refractivity contribution in [2.24, 2.45) is 11.8 Å². The van der Waals surface area contributed by atoms with Gasteiger partial charge in [0.05, 0.1) is 0 Å². The lowest BCUT2D eigenvalue weighted by Crippen LogP contribution is -2.61. The zero-order valence-electron chi connectivity index (χ0n) is 20.2. The van der Waals surface area contributed by atoms with Crippen LogP contribution in [0.4, 0.5) is 0 Å². The number of rotatable bonds is 7. The third-order valence-corrected chi connectivity index (χ3v) is 8.35. The van der Waals surface area contributed by atoms with E-state index in [2.05, 4.69) is 30.9 Å². The number of aliphatic carboxylic acids is 2. The Labute approximate surface area is 201 Å². The molecule has 8 heteroatoms. The van der Waals surface area contributed by atoms with Crippen molar-refractivity contribution in [2.75, 3.05) is 13.1 Å². The first-order valence-electron chi connectivity index (χ1n) is 12.5. The number of aliphatic hydroxyl groups excluding tert-OH is 2. The van der Waals surface area contributed by atoms with Gasteiger partial charge < -0.3 is 25.5 Å². The summed E-state index contributed by atoms with van der Waals surface area (Å²) in [5, 5.41) is 42.6. The van der Waals surface area contributed by atoms with Crippen LogP contribution in [0.5, 0.6) is 5.75 Å². The summed E-state index contributed by atoms with van der Waals surface area (Å²) < 4.78 is 0. The summed E-state index contributed by atoms with van der Waals surface area (Å²) in [5.41, 5.74) is 3.39. The average Bonchev–Trinajstić information content (AvgIpc) is 2.83. The molecule has 8 nitrogen and oxygen atoms in total. The normalized spacial score (nSPS) is 28.4. The number of piperidine rings is 1. The number of nitrogens with zero attached hydrogens (tertiary/aromatic N) is 1. The standard InChI is InChI=1S/C22H33NO.C4H6O6/c1-3-16(2)9-12-23-13-11-22-10-5-4-6-19(22)21(23)14-17-7-8-18(24)15-20(17)22;5-1(3(7)8)2(6)4(9)10/h7-8,15-16,19,21,24H,3-6,9-14H2,1-2H3;1-2,5-6H,(H,7,8)(H,9,10)/t16?,19-,21+,22+;/m0./s1. The first-order valence-corrected chi connectivity index (χ1v) is 12.5. The van der Waals surface area contributed by atoms with Gasteiger partial charge in [0, 0.05) is 11.5 Å². The molecule has 2 bridgehead atoms. The molecule has 190 valence electrons. The lowest BCUT2D eigenvalue weighted by atomic mass is 9.52. The maximum Gasteiger partial charge on any atom is 0.335 e. The zero-order valence-corrected chi connectivity index (χ0v) is 20.2. The number of aliphatic hydroxyl groups is 2. The Morgan fingerprint density at radius 1 is 1.12 bits per heavy atom. The van der Waals surface area contributed by atoms with Gasteiger partial charge in [-0.2, -0.15) is 0 Å². The van der Waals surface area contributed by atoms with Crippen LogP contribution in [0.3, 0.4) is 0 Å². The molecule has 1 saturated carbocycles. The molecule has 5 N–H and O–H groups in total. The van der Waals surface area contributed by atoms with Crippen molar-refractivity contribution < 1.29 is 35.1 Å². The highest BCUT2D eigenvalue weighted by Crippen LogP contribution is 2.56. The molecule has 2 aliphatic carbocycles. The van der Waals surface area contributed by atoms with Gasteiger partial charge in [-0.3, -0.25) is 4.90 Å². The molecule has 1 aromatic carbocycles. The number of carboxylic acids is 2. The summed E-state index contributed by atoms with van der Waals surface area (Å²) >= 11 is 0. The highest BCUT2D eigenvalue weighted by Gasteiger charge is 2.53. The molecule has 4 rings (SSSR count). The largest absolute Gasteiger partial charge is 0.508 e. The highest BCUT2D eigenvalue weighted by atomic mass is 16.4. The van der Waals surface area contributed by atoms with Crippen molar-refractivity contribution in [1.29, 1.82) is 0 Å². The quantitative estimate of drug-likeness (QED) is 0.404. The predicted octanol–water partition coefficient (Wildman–Crippen LogP) is 2.76. The van der Waals surface area contributed by atoms with E-state index in [9.17, 15) is 14.7 Å². The van der Waals surface area contributed by atoms with E-state index >= 15 is 0 Å². The van der Waals surface area contributed by atoms with Crippen LogP contribution in [0.25, 0.3) is 0 Å². The van der Waals surface area contributed by atoms with Crippen LogP contribution in [-0.4, -0.2) is 73.7 Å². The molecular formula is C26H39NO7. The number of phenolic OH excluding ortho intramolecular Hbond substituents is 1. The lowest BCUT2D eigenvalue weighted by Gasteiger charge is -2.59. The van der Waals surface area contributed by atoms with Gasteiger partial charge in [0.25, 0.3) is 0 Å². The van der Waals surface area contributed by atoms with Gasteiger partial charge in [0.15, 0.2) is 12.2 Å². The lowest BCUT2D eigenvalue weighted by molar-refractivity contribution is -0.165. The van der Waals surface area contributed by atoms with E-state index in [1.807, 2.05) is 6.07 Å². The summed E-state index contributed by atoms with van der Waals surface area (Å²) in [7, 11) is 0. The number of hydrogen-bond acceptors (Lipinski definition) is 6. The Morgan fingerprint density at radius 3 is 2.41 bits per heavy atom. The number of carbonyl (C=O) groups is 2. The zero-order chi connectivity index (χ0) is 25.0. The number of hydrogen-bond donors (Lipinski definition) is 5. The SMILES string of the molecule is CCC(C)CCN1CC[C@]23CCCC[C@H]2[C@H]1Cc1ccc(O)cc13.O=C(O)C(O)C(O)C(=O)O. The predicted molar refractivity (Wildman–Crippen MR) is 127 cm³/mol. The van der Waals surface area contributed by atoms with E-state index in [1.54, 1.807) is 0 Å². The Bertz CT molecular complexity index is 857. The number of carboxylic acid groups (broad SMARTS) is 2. The minimum atomic E-state index is -2.27. The van der Waals surface area contributed by atoms with Gasteiger partial charge in [-0.1, -0.05) is 39.2 Å². The van der Waals surface area contributed by atoms with E-state index in [4.69, 9.17) is 20.4 Å². The van der Waals surface area contributed by atoms with Crippen molar-refractivity contribution in [3.8, 4) is 5.75 Å². The first-order chi connectivity index (χ1) is 16.1.